The second-order valence-corrected chi connectivity index (χ2v) is 3.93. The highest BCUT2D eigenvalue weighted by Crippen LogP contribution is 2.33. The Morgan fingerprint density at radius 1 is 1.09 bits per heavy atom. The van der Waals surface area contributed by atoms with E-state index in [0.29, 0.717) is 5.92 Å². The zero-order valence-corrected chi connectivity index (χ0v) is 6.92. The summed E-state index contributed by atoms with van der Waals surface area (Å²) >= 11 is 0. The van der Waals surface area contributed by atoms with Crippen LogP contribution in [0.15, 0.2) is 0 Å². The van der Waals surface area contributed by atoms with Crippen molar-refractivity contribution in [2.75, 3.05) is 13.1 Å². The lowest BCUT2D eigenvalue weighted by atomic mass is 9.74. The molecule has 1 saturated heterocycles. The molecule has 0 bridgehead atoms. The first-order valence-electron chi connectivity index (χ1n) is 4.76. The summed E-state index contributed by atoms with van der Waals surface area (Å²) in [5.74, 6) is 1.39. The molecule has 0 aromatic carbocycles. The fraction of sp³-hybridized carbons (Fsp3) is 1.00. The fourth-order valence-electron chi connectivity index (χ4n) is 2.56. The van der Waals surface area contributed by atoms with Gasteiger partial charge in [-0.1, -0.05) is 12.8 Å². The van der Waals surface area contributed by atoms with E-state index in [1.807, 2.05) is 0 Å². The molecule has 11 heavy (non-hydrogen) atoms. The highest BCUT2D eigenvalue weighted by atomic mass is 16.3. The van der Waals surface area contributed by atoms with Crippen LogP contribution < -0.4 is 5.32 Å². The Kier molecular flexibility index (Phi) is 2.14. The summed E-state index contributed by atoms with van der Waals surface area (Å²) in [6.45, 7) is 1.96. The van der Waals surface area contributed by atoms with Gasteiger partial charge in [0.05, 0.1) is 6.10 Å². The first-order chi connectivity index (χ1) is 5.38. The second-order valence-electron chi connectivity index (χ2n) is 3.93. The van der Waals surface area contributed by atoms with Gasteiger partial charge in [0.25, 0.3) is 0 Å². The maximum atomic E-state index is 9.64. The van der Waals surface area contributed by atoms with Gasteiger partial charge in [-0.15, -0.1) is 0 Å². The summed E-state index contributed by atoms with van der Waals surface area (Å²) in [5.41, 5.74) is 0. The first kappa shape index (κ1) is 7.56. The van der Waals surface area contributed by atoms with Crippen molar-refractivity contribution in [2.45, 2.75) is 31.8 Å². The Bertz CT molecular complexity index is 136. The van der Waals surface area contributed by atoms with E-state index in [-0.39, 0.29) is 6.10 Å². The lowest BCUT2D eigenvalue weighted by Crippen LogP contribution is -2.47. The quantitative estimate of drug-likeness (QED) is 0.541. The molecule has 2 heteroatoms. The topological polar surface area (TPSA) is 32.3 Å². The molecule has 0 aromatic heterocycles. The van der Waals surface area contributed by atoms with E-state index < -0.39 is 0 Å². The van der Waals surface area contributed by atoms with E-state index in [0.717, 1.165) is 19.0 Å². The predicted molar refractivity (Wildman–Crippen MR) is 44.3 cm³/mol. The van der Waals surface area contributed by atoms with E-state index in [9.17, 15) is 5.11 Å². The molecule has 3 atom stereocenters. The van der Waals surface area contributed by atoms with Crippen LogP contribution in [0.3, 0.4) is 0 Å². The number of fused-ring (bicyclic) bond motifs is 1. The maximum absolute atomic E-state index is 9.64. The average molecular weight is 155 g/mol. The standard InChI is InChI=1S/C9H17NO/c11-9-6-10-5-7-3-1-2-4-8(7)9/h7-11H,1-6H2/t7-,8-,9+/m1/s1. The van der Waals surface area contributed by atoms with Crippen LogP contribution in [-0.2, 0) is 0 Å². The van der Waals surface area contributed by atoms with Gasteiger partial charge in [0.15, 0.2) is 0 Å². The monoisotopic (exact) mass is 155 g/mol. The first-order valence-corrected chi connectivity index (χ1v) is 4.76. The maximum Gasteiger partial charge on any atom is 0.0695 e. The summed E-state index contributed by atoms with van der Waals surface area (Å²) in [7, 11) is 0. The van der Waals surface area contributed by atoms with Crippen molar-refractivity contribution in [3.63, 3.8) is 0 Å². The van der Waals surface area contributed by atoms with Crippen molar-refractivity contribution in [2.24, 2.45) is 11.8 Å². The molecule has 0 radical (unpaired) electrons. The van der Waals surface area contributed by atoms with E-state index in [1.165, 1.54) is 25.7 Å². The van der Waals surface area contributed by atoms with Crippen LogP contribution >= 0.6 is 0 Å². The summed E-state index contributed by atoms with van der Waals surface area (Å²) in [6, 6.07) is 0. The third-order valence-corrected chi connectivity index (χ3v) is 3.22. The Morgan fingerprint density at radius 2 is 1.91 bits per heavy atom. The van der Waals surface area contributed by atoms with Crippen LogP contribution in [0.1, 0.15) is 25.7 Å². The molecule has 1 saturated carbocycles. The zero-order valence-electron chi connectivity index (χ0n) is 6.92. The summed E-state index contributed by atoms with van der Waals surface area (Å²) in [4.78, 5) is 0. The SMILES string of the molecule is O[C@H]1CNC[C@H]2CCCC[C@H]21. The van der Waals surface area contributed by atoms with Gasteiger partial charge in [-0.2, -0.15) is 0 Å². The van der Waals surface area contributed by atoms with Gasteiger partial charge >= 0.3 is 0 Å². The second kappa shape index (κ2) is 3.11. The van der Waals surface area contributed by atoms with Crippen molar-refractivity contribution in [1.82, 2.24) is 5.32 Å². The minimum atomic E-state index is -0.0611. The van der Waals surface area contributed by atoms with Gasteiger partial charge in [-0.05, 0) is 31.2 Å². The van der Waals surface area contributed by atoms with Gasteiger partial charge in [0.1, 0.15) is 0 Å². The lowest BCUT2D eigenvalue weighted by Gasteiger charge is -2.39. The van der Waals surface area contributed by atoms with E-state index in [1.54, 1.807) is 0 Å². The smallest absolute Gasteiger partial charge is 0.0695 e. The number of aliphatic hydroxyl groups is 1. The number of piperidine rings is 1. The molecule has 1 aliphatic carbocycles. The van der Waals surface area contributed by atoms with E-state index in [2.05, 4.69) is 5.32 Å². The van der Waals surface area contributed by atoms with Crippen molar-refractivity contribution in [3.8, 4) is 0 Å². The van der Waals surface area contributed by atoms with E-state index >= 15 is 0 Å². The van der Waals surface area contributed by atoms with Gasteiger partial charge in [-0.25, -0.2) is 0 Å². The van der Waals surface area contributed by atoms with Crippen molar-refractivity contribution in [3.05, 3.63) is 0 Å². The molecular formula is C9H17NO. The van der Waals surface area contributed by atoms with Crippen molar-refractivity contribution in [1.29, 1.82) is 0 Å². The molecule has 2 rings (SSSR count). The molecule has 64 valence electrons. The normalized spacial score (nSPS) is 45.0. The minimum Gasteiger partial charge on any atom is -0.392 e. The van der Waals surface area contributed by atoms with Gasteiger partial charge in [-0.3, -0.25) is 0 Å². The fourth-order valence-corrected chi connectivity index (χ4v) is 2.56. The average Bonchev–Trinajstić information content (AvgIpc) is 2.06. The molecule has 2 fully saturated rings. The molecule has 0 amide bonds. The van der Waals surface area contributed by atoms with Gasteiger partial charge in [0, 0.05) is 6.54 Å². The molecule has 0 unspecified atom stereocenters. The number of rotatable bonds is 0. The number of hydrogen-bond donors (Lipinski definition) is 2. The molecule has 0 spiro atoms. The van der Waals surface area contributed by atoms with Crippen LogP contribution in [0.5, 0.6) is 0 Å². The molecule has 2 N–H and O–H groups in total. The Hall–Kier alpha value is -0.0800. The molecule has 2 nitrogen and oxygen atoms in total. The molecular weight excluding hydrogens is 138 g/mol. The number of β-amino-alcohol motifs (C(OH)–C–C–N with tert-alkyl or cyclic N) is 1. The predicted octanol–water partition coefficient (Wildman–Crippen LogP) is 0.757. The van der Waals surface area contributed by atoms with Crippen LogP contribution in [0.25, 0.3) is 0 Å². The Balaban J connectivity index is 1.99. The lowest BCUT2D eigenvalue weighted by molar-refractivity contribution is 0.0227. The number of nitrogens with one attached hydrogen (secondary N) is 1. The summed E-state index contributed by atoms with van der Waals surface area (Å²) in [6.07, 6.45) is 5.23. The highest BCUT2D eigenvalue weighted by molar-refractivity contribution is 4.86. The van der Waals surface area contributed by atoms with Crippen molar-refractivity contribution >= 4 is 0 Å². The third-order valence-electron chi connectivity index (χ3n) is 3.22. The van der Waals surface area contributed by atoms with Gasteiger partial charge < -0.3 is 10.4 Å². The Labute approximate surface area is 68.0 Å². The summed E-state index contributed by atoms with van der Waals surface area (Å²) in [5, 5.41) is 12.9. The van der Waals surface area contributed by atoms with E-state index in [4.69, 9.17) is 0 Å². The molecule has 2 aliphatic rings. The molecule has 1 aliphatic heterocycles. The summed E-state index contributed by atoms with van der Waals surface area (Å²) < 4.78 is 0. The highest BCUT2D eigenvalue weighted by Gasteiger charge is 2.33. The Morgan fingerprint density at radius 3 is 2.73 bits per heavy atom. The molecule has 0 aromatic rings. The van der Waals surface area contributed by atoms with Crippen LogP contribution in [0.2, 0.25) is 0 Å². The largest absolute Gasteiger partial charge is 0.392 e. The number of hydrogen-bond acceptors (Lipinski definition) is 2. The van der Waals surface area contributed by atoms with Crippen molar-refractivity contribution < 1.29 is 5.11 Å². The zero-order chi connectivity index (χ0) is 7.68. The minimum absolute atomic E-state index is 0.0611. The number of aliphatic hydroxyl groups excluding tert-OH is 1. The van der Waals surface area contributed by atoms with Gasteiger partial charge in [0.2, 0.25) is 0 Å². The van der Waals surface area contributed by atoms with Crippen LogP contribution in [0.4, 0.5) is 0 Å². The third kappa shape index (κ3) is 1.42. The molecule has 1 heterocycles. The van der Waals surface area contributed by atoms with Crippen LogP contribution in [-0.4, -0.2) is 24.3 Å². The van der Waals surface area contributed by atoms with Crippen LogP contribution in [0, 0.1) is 11.8 Å².